The fourth-order valence-corrected chi connectivity index (χ4v) is 4.23. The van der Waals surface area contributed by atoms with Gasteiger partial charge in [0.2, 0.25) is 5.91 Å². The van der Waals surface area contributed by atoms with Gasteiger partial charge in [-0.1, -0.05) is 4.49 Å². The molecule has 0 saturated carbocycles. The minimum absolute atomic E-state index is 0.142. The molecule has 0 aliphatic heterocycles. The van der Waals surface area contributed by atoms with E-state index >= 15 is 0 Å². The molecule has 0 saturated heterocycles. The van der Waals surface area contributed by atoms with Crippen LogP contribution < -0.4 is 5.32 Å². The molecule has 0 unspecified atom stereocenters. The van der Waals surface area contributed by atoms with E-state index in [2.05, 4.69) is 14.9 Å². The van der Waals surface area contributed by atoms with Gasteiger partial charge in [0.05, 0.1) is 12.8 Å². The molecule has 0 fully saturated rings. The van der Waals surface area contributed by atoms with Gasteiger partial charge in [-0.25, -0.2) is 0 Å². The van der Waals surface area contributed by atoms with Crippen molar-refractivity contribution < 1.29 is 14.0 Å². The third kappa shape index (κ3) is 4.66. The molecule has 1 N–H and O–H groups in total. The Morgan fingerprint density at radius 3 is 2.64 bits per heavy atom. The molecule has 3 aromatic rings. The second-order valence-corrected chi connectivity index (χ2v) is 8.97. The number of hydrogen-bond acceptors (Lipinski definition) is 7. The molecular formula is C19H22N4O3S2. The molecule has 1 atom stereocenters. The van der Waals surface area contributed by atoms with Gasteiger partial charge in [0, 0.05) is 15.8 Å². The summed E-state index contributed by atoms with van der Waals surface area (Å²) < 4.78 is 9.24. The van der Waals surface area contributed by atoms with Crippen LogP contribution in [0.25, 0.3) is 0 Å². The van der Waals surface area contributed by atoms with Gasteiger partial charge >= 0.3 is 0 Å². The normalized spacial score (nSPS) is 12.6. The Morgan fingerprint density at radius 2 is 2.11 bits per heavy atom. The summed E-state index contributed by atoms with van der Waals surface area (Å²) in [5.74, 6) is -0.0348. The standard InChI is InChI=1S/C19H22N4O3S2/c1-12-7-9-27-16(12)15(17(24)20-19(2,3)4)23(10-13-6-5-8-26-13)18(25)14-11-28-22-21-14/h5-9,11,15H,10H2,1-4H3,(H,20,24)/t15-/m1/s1. The Balaban J connectivity index is 2.05. The summed E-state index contributed by atoms with van der Waals surface area (Å²) in [4.78, 5) is 28.9. The predicted octanol–water partition coefficient (Wildman–Crippen LogP) is 3.80. The molecule has 3 rings (SSSR count). The van der Waals surface area contributed by atoms with E-state index in [9.17, 15) is 9.59 Å². The molecule has 0 spiro atoms. The van der Waals surface area contributed by atoms with Gasteiger partial charge in [-0.3, -0.25) is 9.59 Å². The number of aromatic nitrogens is 2. The van der Waals surface area contributed by atoms with Gasteiger partial charge in [-0.05, 0) is 68.4 Å². The summed E-state index contributed by atoms with van der Waals surface area (Å²) in [6.07, 6.45) is 1.54. The SMILES string of the molecule is Cc1ccsc1[C@H](C(=O)NC(C)(C)C)N(Cc1ccco1)C(=O)c1csnn1. The fourth-order valence-electron chi connectivity index (χ4n) is 2.76. The molecule has 28 heavy (non-hydrogen) atoms. The number of nitrogens with zero attached hydrogens (tertiary/aromatic N) is 3. The quantitative estimate of drug-likeness (QED) is 0.658. The maximum Gasteiger partial charge on any atom is 0.276 e. The van der Waals surface area contributed by atoms with Crippen LogP contribution in [0.4, 0.5) is 0 Å². The molecule has 0 bridgehead atoms. The van der Waals surface area contributed by atoms with E-state index in [-0.39, 0.29) is 24.1 Å². The van der Waals surface area contributed by atoms with Gasteiger partial charge < -0.3 is 14.6 Å². The first-order valence-corrected chi connectivity index (χ1v) is 10.4. The van der Waals surface area contributed by atoms with E-state index in [4.69, 9.17) is 4.42 Å². The van der Waals surface area contributed by atoms with Gasteiger partial charge in [-0.15, -0.1) is 16.4 Å². The Hall–Kier alpha value is -2.52. The van der Waals surface area contributed by atoms with Gasteiger partial charge in [0.25, 0.3) is 5.91 Å². The number of furan rings is 1. The van der Waals surface area contributed by atoms with E-state index in [1.165, 1.54) is 16.2 Å². The second kappa shape index (κ2) is 8.24. The Kier molecular flexibility index (Phi) is 5.95. The lowest BCUT2D eigenvalue weighted by atomic mass is 10.0. The zero-order chi connectivity index (χ0) is 20.3. The van der Waals surface area contributed by atoms with E-state index < -0.39 is 11.6 Å². The lowest BCUT2D eigenvalue weighted by Gasteiger charge is -2.32. The van der Waals surface area contributed by atoms with E-state index in [1.54, 1.807) is 23.8 Å². The van der Waals surface area contributed by atoms with Crippen LogP contribution in [0.2, 0.25) is 0 Å². The highest BCUT2D eigenvalue weighted by Gasteiger charge is 2.36. The van der Waals surface area contributed by atoms with Crippen molar-refractivity contribution in [3.05, 3.63) is 57.1 Å². The topological polar surface area (TPSA) is 88.3 Å². The van der Waals surface area contributed by atoms with Crippen LogP contribution in [0.5, 0.6) is 0 Å². The number of carbonyl (C=O) groups excluding carboxylic acids is 2. The third-order valence-corrected chi connectivity index (χ3v) is 5.53. The first-order valence-electron chi connectivity index (χ1n) is 8.72. The van der Waals surface area contributed by atoms with Crippen molar-refractivity contribution >= 4 is 34.7 Å². The molecule has 0 aromatic carbocycles. The summed E-state index contributed by atoms with van der Waals surface area (Å²) in [5.41, 5.74) is 0.717. The monoisotopic (exact) mass is 418 g/mol. The highest BCUT2D eigenvalue weighted by molar-refractivity contribution is 7.10. The zero-order valence-electron chi connectivity index (χ0n) is 16.1. The molecule has 0 aliphatic carbocycles. The van der Waals surface area contributed by atoms with Crippen LogP contribution in [0.15, 0.2) is 39.6 Å². The summed E-state index contributed by atoms with van der Waals surface area (Å²) in [5, 5.41) is 10.4. The largest absolute Gasteiger partial charge is 0.467 e. The predicted molar refractivity (Wildman–Crippen MR) is 108 cm³/mol. The van der Waals surface area contributed by atoms with Crippen LogP contribution in [-0.4, -0.2) is 31.8 Å². The van der Waals surface area contributed by atoms with Crippen molar-refractivity contribution in [2.24, 2.45) is 0 Å². The van der Waals surface area contributed by atoms with Crippen molar-refractivity contribution in [1.29, 1.82) is 0 Å². The molecule has 0 radical (unpaired) electrons. The maximum atomic E-state index is 13.3. The van der Waals surface area contributed by atoms with Gasteiger partial charge in [0.1, 0.15) is 11.8 Å². The zero-order valence-corrected chi connectivity index (χ0v) is 17.8. The molecule has 148 valence electrons. The molecule has 9 heteroatoms. The summed E-state index contributed by atoms with van der Waals surface area (Å²) >= 11 is 2.54. The van der Waals surface area contributed by atoms with Crippen LogP contribution in [0.1, 0.15) is 53.5 Å². The number of nitrogens with one attached hydrogen (secondary N) is 1. The number of hydrogen-bond donors (Lipinski definition) is 1. The molecule has 0 aliphatic rings. The first kappa shape index (κ1) is 20.2. The number of rotatable bonds is 6. The number of amides is 2. The Bertz CT molecular complexity index is 927. The second-order valence-electron chi connectivity index (χ2n) is 7.41. The van der Waals surface area contributed by atoms with Crippen molar-refractivity contribution in [3.63, 3.8) is 0 Å². The van der Waals surface area contributed by atoms with Crippen LogP contribution >= 0.6 is 22.9 Å². The highest BCUT2D eigenvalue weighted by atomic mass is 32.1. The summed E-state index contributed by atoms with van der Waals surface area (Å²) in [6.45, 7) is 7.80. The van der Waals surface area contributed by atoms with Crippen molar-refractivity contribution in [2.45, 2.75) is 45.8 Å². The number of aryl methyl sites for hydroxylation is 1. The maximum absolute atomic E-state index is 13.3. The van der Waals surface area contributed by atoms with Crippen molar-refractivity contribution in [3.8, 4) is 0 Å². The number of thiophene rings is 1. The number of carbonyl (C=O) groups is 2. The van der Waals surface area contributed by atoms with E-state index in [0.29, 0.717) is 5.76 Å². The molecular weight excluding hydrogens is 396 g/mol. The minimum Gasteiger partial charge on any atom is -0.467 e. The Labute approximate surface area is 171 Å². The molecule has 3 aromatic heterocycles. The first-order chi connectivity index (χ1) is 13.3. The van der Waals surface area contributed by atoms with Crippen LogP contribution in [0, 0.1) is 6.92 Å². The van der Waals surface area contributed by atoms with Gasteiger partial charge in [-0.2, -0.15) is 0 Å². The third-order valence-electron chi connectivity index (χ3n) is 3.95. The lowest BCUT2D eigenvalue weighted by Crippen LogP contribution is -2.49. The average Bonchev–Trinajstić information content (AvgIpc) is 3.35. The average molecular weight is 419 g/mol. The highest BCUT2D eigenvalue weighted by Crippen LogP contribution is 2.32. The summed E-state index contributed by atoms with van der Waals surface area (Å²) in [6, 6.07) is 4.67. The fraction of sp³-hybridized carbons (Fsp3) is 0.368. The minimum atomic E-state index is -0.807. The van der Waals surface area contributed by atoms with Crippen LogP contribution in [0.3, 0.4) is 0 Å². The van der Waals surface area contributed by atoms with E-state index in [0.717, 1.165) is 22.0 Å². The van der Waals surface area contributed by atoms with Crippen molar-refractivity contribution in [2.75, 3.05) is 0 Å². The molecule has 3 heterocycles. The van der Waals surface area contributed by atoms with Crippen molar-refractivity contribution in [1.82, 2.24) is 19.8 Å². The van der Waals surface area contributed by atoms with Gasteiger partial charge in [0.15, 0.2) is 5.69 Å². The van der Waals surface area contributed by atoms with E-state index in [1.807, 2.05) is 39.1 Å². The molecule has 2 amide bonds. The Morgan fingerprint density at radius 1 is 1.32 bits per heavy atom. The summed E-state index contributed by atoms with van der Waals surface area (Å²) in [7, 11) is 0. The molecule has 7 nitrogen and oxygen atoms in total. The van der Waals surface area contributed by atoms with Crippen LogP contribution in [-0.2, 0) is 11.3 Å². The lowest BCUT2D eigenvalue weighted by molar-refractivity contribution is -0.127. The smallest absolute Gasteiger partial charge is 0.276 e.